The molecule has 1 aliphatic rings. The molecular weight excluding hydrogens is 290 g/mol. The van der Waals surface area contributed by atoms with Gasteiger partial charge in [0, 0.05) is 17.1 Å². The number of carbonyl (C=O) groups excluding carboxylic acids is 2. The van der Waals surface area contributed by atoms with Crippen molar-refractivity contribution in [3.8, 4) is 5.69 Å². The van der Waals surface area contributed by atoms with E-state index in [1.807, 2.05) is 19.9 Å². The van der Waals surface area contributed by atoms with E-state index in [0.29, 0.717) is 0 Å². The lowest BCUT2D eigenvalue weighted by Gasteiger charge is -2.10. The molecule has 1 saturated heterocycles. The van der Waals surface area contributed by atoms with E-state index in [4.69, 9.17) is 0 Å². The molecule has 5 nitrogen and oxygen atoms in total. The number of nitrogens with zero attached hydrogens (tertiary/aromatic N) is 1. The standard InChI is InChI=1S/C18H19N3O2/c1-4-13-5-7-15(8-6-13)21-11(2)9-14(12(21)3)10-16-17(22)20-18(23)19-16/h5-10H,4H2,1-3H3,(H2,19,20,22,23). The summed E-state index contributed by atoms with van der Waals surface area (Å²) >= 11 is 0. The zero-order valence-electron chi connectivity index (χ0n) is 13.4. The van der Waals surface area contributed by atoms with Crippen molar-refractivity contribution in [2.24, 2.45) is 0 Å². The fourth-order valence-corrected chi connectivity index (χ4v) is 2.85. The van der Waals surface area contributed by atoms with Crippen LogP contribution in [0.2, 0.25) is 0 Å². The summed E-state index contributed by atoms with van der Waals surface area (Å²) in [6, 6.07) is 9.96. The summed E-state index contributed by atoms with van der Waals surface area (Å²) in [7, 11) is 0. The second-order valence-electron chi connectivity index (χ2n) is 5.65. The summed E-state index contributed by atoms with van der Waals surface area (Å²) in [6.07, 6.45) is 2.72. The summed E-state index contributed by atoms with van der Waals surface area (Å²) in [6.45, 7) is 6.16. The maximum atomic E-state index is 11.7. The second-order valence-corrected chi connectivity index (χ2v) is 5.65. The summed E-state index contributed by atoms with van der Waals surface area (Å²) in [5.41, 5.74) is 5.66. The number of aromatic nitrogens is 1. The van der Waals surface area contributed by atoms with E-state index in [0.717, 1.165) is 29.1 Å². The average molecular weight is 309 g/mol. The lowest BCUT2D eigenvalue weighted by atomic mass is 10.1. The summed E-state index contributed by atoms with van der Waals surface area (Å²) in [4.78, 5) is 22.9. The Morgan fingerprint density at radius 3 is 2.35 bits per heavy atom. The first-order chi connectivity index (χ1) is 11.0. The highest BCUT2D eigenvalue weighted by atomic mass is 16.2. The van der Waals surface area contributed by atoms with Gasteiger partial charge in [-0.05, 0) is 55.7 Å². The first-order valence-corrected chi connectivity index (χ1v) is 7.62. The molecule has 2 heterocycles. The molecule has 1 aromatic carbocycles. The molecule has 1 fully saturated rings. The van der Waals surface area contributed by atoms with Crippen LogP contribution >= 0.6 is 0 Å². The van der Waals surface area contributed by atoms with Gasteiger partial charge >= 0.3 is 6.03 Å². The van der Waals surface area contributed by atoms with E-state index in [9.17, 15) is 9.59 Å². The van der Waals surface area contributed by atoms with E-state index in [2.05, 4.69) is 46.4 Å². The fourth-order valence-electron chi connectivity index (χ4n) is 2.85. The van der Waals surface area contributed by atoms with Gasteiger partial charge in [0.25, 0.3) is 5.91 Å². The van der Waals surface area contributed by atoms with Gasteiger partial charge in [0.1, 0.15) is 5.70 Å². The van der Waals surface area contributed by atoms with Crippen molar-refractivity contribution in [2.75, 3.05) is 0 Å². The van der Waals surface area contributed by atoms with Gasteiger partial charge in [-0.2, -0.15) is 0 Å². The Morgan fingerprint density at radius 1 is 1.09 bits per heavy atom. The first-order valence-electron chi connectivity index (χ1n) is 7.62. The predicted octanol–water partition coefficient (Wildman–Crippen LogP) is 2.84. The number of hydrogen-bond donors (Lipinski definition) is 2. The summed E-state index contributed by atoms with van der Waals surface area (Å²) in [5, 5.41) is 4.72. The van der Waals surface area contributed by atoms with Crippen LogP contribution in [0.15, 0.2) is 36.0 Å². The quantitative estimate of drug-likeness (QED) is 0.676. The molecule has 0 aliphatic carbocycles. The molecule has 23 heavy (non-hydrogen) atoms. The number of carbonyl (C=O) groups is 2. The zero-order valence-corrected chi connectivity index (χ0v) is 13.4. The Balaban J connectivity index is 2.01. The van der Waals surface area contributed by atoms with Crippen LogP contribution in [0.5, 0.6) is 0 Å². The third kappa shape index (κ3) is 2.77. The maximum absolute atomic E-state index is 11.7. The molecule has 0 spiro atoms. The third-order valence-electron chi connectivity index (χ3n) is 4.09. The van der Waals surface area contributed by atoms with Crippen molar-refractivity contribution in [2.45, 2.75) is 27.2 Å². The molecule has 1 aliphatic heterocycles. The maximum Gasteiger partial charge on any atom is 0.326 e. The molecule has 0 bridgehead atoms. The van der Waals surface area contributed by atoms with Crippen molar-refractivity contribution in [1.82, 2.24) is 15.2 Å². The van der Waals surface area contributed by atoms with Crippen molar-refractivity contribution >= 4 is 18.0 Å². The number of rotatable bonds is 3. The van der Waals surface area contributed by atoms with Crippen LogP contribution in [0.4, 0.5) is 4.79 Å². The smallest absolute Gasteiger partial charge is 0.318 e. The Hall–Kier alpha value is -2.82. The molecule has 2 N–H and O–H groups in total. The van der Waals surface area contributed by atoms with Crippen LogP contribution < -0.4 is 10.6 Å². The topological polar surface area (TPSA) is 63.1 Å². The number of urea groups is 1. The van der Waals surface area contributed by atoms with Gasteiger partial charge in [-0.3, -0.25) is 10.1 Å². The highest BCUT2D eigenvalue weighted by molar-refractivity contribution is 6.14. The molecule has 0 saturated carbocycles. The Morgan fingerprint density at radius 2 is 1.78 bits per heavy atom. The highest BCUT2D eigenvalue weighted by Crippen LogP contribution is 2.23. The number of nitrogens with one attached hydrogen (secondary N) is 2. The average Bonchev–Trinajstić information content (AvgIpc) is 2.99. The van der Waals surface area contributed by atoms with Crippen LogP contribution in [0.1, 0.15) is 29.4 Å². The van der Waals surface area contributed by atoms with Crippen molar-refractivity contribution in [3.05, 3.63) is 58.5 Å². The van der Waals surface area contributed by atoms with Gasteiger partial charge in [0.2, 0.25) is 0 Å². The molecule has 3 amide bonds. The molecule has 0 radical (unpaired) electrons. The van der Waals surface area contributed by atoms with Crippen molar-refractivity contribution in [1.29, 1.82) is 0 Å². The fraction of sp³-hybridized carbons (Fsp3) is 0.222. The van der Waals surface area contributed by atoms with Gasteiger partial charge in [-0.15, -0.1) is 0 Å². The van der Waals surface area contributed by atoms with Gasteiger partial charge in [0.05, 0.1) is 0 Å². The molecule has 0 unspecified atom stereocenters. The van der Waals surface area contributed by atoms with E-state index in [1.165, 1.54) is 5.56 Å². The van der Waals surface area contributed by atoms with Gasteiger partial charge in [0.15, 0.2) is 0 Å². The van der Waals surface area contributed by atoms with Gasteiger partial charge in [-0.1, -0.05) is 19.1 Å². The zero-order chi connectivity index (χ0) is 16.6. The summed E-state index contributed by atoms with van der Waals surface area (Å²) < 4.78 is 2.14. The van der Waals surface area contributed by atoms with Crippen molar-refractivity contribution < 1.29 is 9.59 Å². The first kappa shape index (κ1) is 15.1. The molecule has 118 valence electrons. The minimum atomic E-state index is -0.481. The van der Waals surface area contributed by atoms with E-state index in [-0.39, 0.29) is 5.70 Å². The second kappa shape index (κ2) is 5.76. The van der Waals surface area contributed by atoms with Crippen LogP contribution in [-0.2, 0) is 11.2 Å². The van der Waals surface area contributed by atoms with Gasteiger partial charge < -0.3 is 9.88 Å². The molecule has 5 heteroatoms. The highest BCUT2D eigenvalue weighted by Gasteiger charge is 2.23. The molecule has 3 rings (SSSR count). The van der Waals surface area contributed by atoms with E-state index >= 15 is 0 Å². The SMILES string of the molecule is CCc1ccc(-n2c(C)cc(C=C3NC(=O)NC3=O)c2C)cc1. The van der Waals surface area contributed by atoms with Gasteiger partial charge in [-0.25, -0.2) is 4.79 Å². The van der Waals surface area contributed by atoms with Crippen LogP contribution in [-0.4, -0.2) is 16.5 Å². The monoisotopic (exact) mass is 309 g/mol. The normalized spacial score (nSPS) is 15.9. The predicted molar refractivity (Wildman–Crippen MR) is 89.3 cm³/mol. The lowest BCUT2D eigenvalue weighted by Crippen LogP contribution is -2.22. The summed E-state index contributed by atoms with van der Waals surface area (Å²) in [5.74, 6) is -0.396. The Kier molecular flexibility index (Phi) is 3.78. The van der Waals surface area contributed by atoms with Crippen molar-refractivity contribution in [3.63, 3.8) is 0 Å². The molecule has 2 aromatic rings. The third-order valence-corrected chi connectivity index (χ3v) is 4.09. The largest absolute Gasteiger partial charge is 0.326 e. The Labute approximate surface area is 135 Å². The number of imide groups is 1. The lowest BCUT2D eigenvalue weighted by molar-refractivity contribution is -0.115. The number of hydrogen-bond acceptors (Lipinski definition) is 2. The van der Waals surface area contributed by atoms with E-state index < -0.39 is 11.9 Å². The van der Waals surface area contributed by atoms with Crippen LogP contribution in [0, 0.1) is 13.8 Å². The Bertz CT molecular complexity index is 814. The minimum Gasteiger partial charge on any atom is -0.318 e. The van der Waals surface area contributed by atoms with Crippen LogP contribution in [0.3, 0.4) is 0 Å². The molecule has 0 atom stereocenters. The van der Waals surface area contributed by atoms with E-state index in [1.54, 1.807) is 6.08 Å². The van der Waals surface area contributed by atoms with Crippen LogP contribution in [0.25, 0.3) is 11.8 Å². The number of benzene rings is 1. The number of amides is 3. The number of aryl methyl sites for hydroxylation is 2. The minimum absolute atomic E-state index is 0.275. The molecule has 1 aromatic heterocycles. The molecular formula is C18H19N3O2.